The maximum absolute atomic E-state index is 14.4. The zero-order valence-electron chi connectivity index (χ0n) is 26.4. The monoisotopic (exact) mass is 620 g/mol. The third kappa shape index (κ3) is 3.08. The molecule has 1 aliphatic heterocycles. The molecule has 240 valence electrons. The van der Waals surface area contributed by atoms with Crippen molar-refractivity contribution in [3.05, 3.63) is 45.1 Å². The highest BCUT2D eigenvalue weighted by atomic mass is 16.6. The van der Waals surface area contributed by atoms with Crippen molar-refractivity contribution >= 4 is 23.7 Å². The van der Waals surface area contributed by atoms with Gasteiger partial charge in [-0.15, -0.1) is 0 Å². The zero-order valence-corrected chi connectivity index (χ0v) is 26.4. The molecule has 0 amide bonds. The zero-order chi connectivity index (χ0) is 32.3. The predicted molar refractivity (Wildman–Crippen MR) is 156 cm³/mol. The first-order valence-electron chi connectivity index (χ1n) is 16.1. The van der Waals surface area contributed by atoms with Crippen molar-refractivity contribution in [2.24, 2.45) is 46.3 Å². The van der Waals surface area contributed by atoms with E-state index >= 15 is 0 Å². The van der Waals surface area contributed by atoms with Gasteiger partial charge in [0.15, 0.2) is 11.4 Å². The number of rotatable bonds is 4. The Kier molecular flexibility index (Phi) is 5.63. The molecule has 0 aromatic rings. The van der Waals surface area contributed by atoms with E-state index in [2.05, 4.69) is 6.92 Å². The Labute approximate surface area is 261 Å². The van der Waals surface area contributed by atoms with Gasteiger partial charge in [-0.05, 0) is 92.6 Å². The molecule has 7 aliphatic carbocycles. The van der Waals surface area contributed by atoms with Crippen LogP contribution in [0.4, 0.5) is 0 Å². The smallest absolute Gasteiger partial charge is 0.338 e. The number of Topliss-reactive ketones (excluding diaryl/α,β-unsaturated/α-hetero) is 1. The van der Waals surface area contributed by atoms with Gasteiger partial charge in [0.05, 0.1) is 24.4 Å². The fraction of sp³-hybridized carbons (Fsp3) is 0.657. The van der Waals surface area contributed by atoms with Gasteiger partial charge >= 0.3 is 17.9 Å². The van der Waals surface area contributed by atoms with Gasteiger partial charge in [0.2, 0.25) is 0 Å². The molecular weight excluding hydrogens is 580 g/mol. The van der Waals surface area contributed by atoms with Crippen LogP contribution in [0.1, 0.15) is 60.3 Å². The molecule has 10 heteroatoms. The van der Waals surface area contributed by atoms with Gasteiger partial charge in [-0.3, -0.25) is 4.79 Å². The average Bonchev–Trinajstić information content (AvgIpc) is 3.92. The van der Waals surface area contributed by atoms with Crippen LogP contribution < -0.4 is 0 Å². The van der Waals surface area contributed by atoms with E-state index in [1.165, 1.54) is 14.0 Å². The Bertz CT molecular complexity index is 1660. The van der Waals surface area contributed by atoms with Gasteiger partial charge in [-0.1, -0.05) is 19.9 Å². The minimum Gasteiger partial charge on any atom is -0.466 e. The SMILES string of the molecule is C/C=C(/C)C(=O)OCC1=C2C[C@H]3[C@H](O)[C@H]4C[C@H]4[C@]3(C)[C@@H]3C[C@@]4(O)C5=C(/C(=C(\C)C(=O)OC)C(=O)[C@H](O)[C@@]5(C)[C@@H]5C[C@@H]54)[C@]23OC1=O. The molecule has 10 nitrogen and oxygen atoms in total. The van der Waals surface area contributed by atoms with Gasteiger partial charge in [-0.2, -0.15) is 0 Å². The highest BCUT2D eigenvalue weighted by molar-refractivity contribution is 6.12. The number of carbonyl (C=O) groups is 4. The number of aliphatic hydroxyl groups is 3. The minimum absolute atomic E-state index is 0.0361. The molecule has 0 bridgehead atoms. The van der Waals surface area contributed by atoms with E-state index in [0.717, 1.165) is 6.42 Å². The molecule has 8 rings (SSSR count). The lowest BCUT2D eigenvalue weighted by Gasteiger charge is -2.62. The predicted octanol–water partition coefficient (Wildman–Crippen LogP) is 2.26. The van der Waals surface area contributed by atoms with Crippen molar-refractivity contribution in [1.29, 1.82) is 0 Å². The summed E-state index contributed by atoms with van der Waals surface area (Å²) >= 11 is 0. The van der Waals surface area contributed by atoms with Crippen LogP contribution in [0.3, 0.4) is 0 Å². The number of carbonyl (C=O) groups excluding carboxylic acids is 4. The molecule has 8 aliphatic rings. The highest BCUT2D eigenvalue weighted by Gasteiger charge is 2.84. The summed E-state index contributed by atoms with van der Waals surface area (Å²) in [6, 6.07) is 0. The lowest BCUT2D eigenvalue weighted by Crippen LogP contribution is -2.66. The maximum Gasteiger partial charge on any atom is 0.338 e. The molecule has 0 aromatic carbocycles. The Morgan fingerprint density at radius 1 is 1.04 bits per heavy atom. The quantitative estimate of drug-likeness (QED) is 0.242. The molecule has 5 saturated carbocycles. The molecule has 0 aromatic heterocycles. The first-order chi connectivity index (χ1) is 21.1. The van der Waals surface area contributed by atoms with E-state index < -0.39 is 63.8 Å². The number of ketones is 1. The number of methoxy groups -OCH3 is 1. The van der Waals surface area contributed by atoms with Crippen LogP contribution in [0, 0.1) is 46.3 Å². The lowest BCUT2D eigenvalue weighted by atomic mass is 9.43. The molecule has 0 unspecified atom stereocenters. The van der Waals surface area contributed by atoms with Crippen molar-refractivity contribution in [2.75, 3.05) is 13.7 Å². The minimum atomic E-state index is -1.56. The van der Waals surface area contributed by atoms with Crippen LogP contribution >= 0.6 is 0 Å². The van der Waals surface area contributed by atoms with Crippen molar-refractivity contribution in [2.45, 2.75) is 83.7 Å². The van der Waals surface area contributed by atoms with Crippen LogP contribution in [0.5, 0.6) is 0 Å². The number of fused-ring (bicyclic) bond motifs is 7. The summed E-state index contributed by atoms with van der Waals surface area (Å²) in [6.07, 6.45) is 1.43. The van der Waals surface area contributed by atoms with E-state index in [0.29, 0.717) is 28.7 Å². The van der Waals surface area contributed by atoms with Crippen LogP contribution in [-0.2, 0) is 33.4 Å². The second-order valence-electron chi connectivity index (χ2n) is 15.2. The van der Waals surface area contributed by atoms with Gasteiger partial charge < -0.3 is 29.5 Å². The number of ether oxygens (including phenoxy) is 3. The third-order valence-corrected chi connectivity index (χ3v) is 13.8. The number of hydrogen-bond acceptors (Lipinski definition) is 10. The second kappa shape index (κ2) is 8.63. The molecule has 3 N–H and O–H groups in total. The highest BCUT2D eigenvalue weighted by Crippen LogP contribution is 2.82. The topological polar surface area (TPSA) is 157 Å². The van der Waals surface area contributed by atoms with Crippen LogP contribution in [-0.4, -0.2) is 76.1 Å². The Balaban J connectivity index is 1.45. The molecular formula is C35H40O10. The second-order valence-corrected chi connectivity index (χ2v) is 15.2. The summed E-state index contributed by atoms with van der Waals surface area (Å²) in [4.78, 5) is 54.3. The van der Waals surface area contributed by atoms with E-state index in [9.17, 15) is 34.5 Å². The molecule has 1 spiro atoms. The van der Waals surface area contributed by atoms with Crippen LogP contribution in [0.25, 0.3) is 0 Å². The molecule has 5 fully saturated rings. The standard InChI is InChI=1S/C35H40O10/c1-7-13(2)29(39)44-12-16-18-9-21-25(36)15-8-17(15)32(21,4)22-11-34(42)20-10-19(20)33(5)27(34)24(35(18,22)45-31(16)41)23(26(37)28(33)38)14(3)30(40)43-6/h7,15,17,19-22,25,28,36,38,42H,8-12H2,1-6H3/b13-7-,23-14-/t15-,17+,19+,20-,21-,22-,25+,28-,32-,33-,34-,35-/m0/s1. The Morgan fingerprint density at radius 3 is 2.42 bits per heavy atom. The fourth-order valence-corrected chi connectivity index (χ4v) is 11.5. The third-order valence-electron chi connectivity index (χ3n) is 13.8. The van der Waals surface area contributed by atoms with Gasteiger partial charge in [-0.25, -0.2) is 14.4 Å². The van der Waals surface area contributed by atoms with Crippen molar-refractivity contribution in [3.8, 4) is 0 Å². The van der Waals surface area contributed by atoms with Gasteiger partial charge in [0, 0.05) is 33.6 Å². The summed E-state index contributed by atoms with van der Waals surface area (Å²) in [5.41, 5.74) is -2.95. The molecule has 1 heterocycles. The van der Waals surface area contributed by atoms with E-state index in [1.54, 1.807) is 26.8 Å². The summed E-state index contributed by atoms with van der Waals surface area (Å²) in [5, 5.41) is 36.1. The van der Waals surface area contributed by atoms with Gasteiger partial charge in [0.25, 0.3) is 0 Å². The number of aliphatic hydroxyl groups excluding tert-OH is 2. The van der Waals surface area contributed by atoms with Crippen molar-refractivity contribution in [1.82, 2.24) is 0 Å². The molecule has 0 radical (unpaired) electrons. The largest absolute Gasteiger partial charge is 0.466 e. The number of esters is 3. The average molecular weight is 621 g/mol. The van der Waals surface area contributed by atoms with E-state index in [1.807, 2.05) is 0 Å². The molecule has 45 heavy (non-hydrogen) atoms. The Morgan fingerprint density at radius 2 is 1.76 bits per heavy atom. The number of allylic oxidation sites excluding steroid dienone is 1. The first-order valence-corrected chi connectivity index (χ1v) is 16.1. The molecule has 12 atom stereocenters. The summed E-state index contributed by atoms with van der Waals surface area (Å²) < 4.78 is 17.2. The van der Waals surface area contributed by atoms with Crippen molar-refractivity contribution < 1.29 is 48.7 Å². The van der Waals surface area contributed by atoms with Crippen molar-refractivity contribution in [3.63, 3.8) is 0 Å². The molecule has 0 saturated heterocycles. The summed E-state index contributed by atoms with van der Waals surface area (Å²) in [7, 11) is 1.21. The Hall–Kier alpha value is -3.08. The van der Waals surface area contributed by atoms with Crippen LogP contribution in [0.15, 0.2) is 45.1 Å². The fourth-order valence-electron chi connectivity index (χ4n) is 11.5. The first kappa shape index (κ1) is 29.3. The lowest BCUT2D eigenvalue weighted by molar-refractivity contribution is -0.172. The number of hydrogen-bond donors (Lipinski definition) is 3. The summed E-state index contributed by atoms with van der Waals surface area (Å²) in [6.45, 7) is 8.35. The van der Waals surface area contributed by atoms with E-state index in [-0.39, 0.29) is 65.8 Å². The maximum atomic E-state index is 14.4. The normalized spacial score (nSPS) is 49.3. The van der Waals surface area contributed by atoms with E-state index in [4.69, 9.17) is 14.2 Å². The van der Waals surface area contributed by atoms with Gasteiger partial charge in [0.1, 0.15) is 12.7 Å². The van der Waals surface area contributed by atoms with Crippen LogP contribution in [0.2, 0.25) is 0 Å². The summed E-state index contributed by atoms with van der Waals surface area (Å²) in [5.74, 6) is -3.65.